The first kappa shape index (κ1) is 32.6. The van der Waals surface area contributed by atoms with E-state index in [9.17, 15) is 24.0 Å². The zero-order valence-corrected chi connectivity index (χ0v) is 24.9. The Morgan fingerprint density at radius 1 is 1.02 bits per heavy atom. The first-order valence-corrected chi connectivity index (χ1v) is 14.8. The van der Waals surface area contributed by atoms with E-state index in [0.717, 1.165) is 11.1 Å². The van der Waals surface area contributed by atoms with E-state index in [1.54, 1.807) is 13.0 Å². The minimum absolute atomic E-state index is 0.0999. The molecule has 0 bridgehead atoms. The average molecular weight is 581 g/mol. The molecule has 0 spiro atoms. The van der Waals surface area contributed by atoms with Crippen molar-refractivity contribution in [1.82, 2.24) is 20.9 Å². The number of benzene rings is 1. The zero-order chi connectivity index (χ0) is 30.8. The summed E-state index contributed by atoms with van der Waals surface area (Å²) in [7, 11) is 0. The Bertz CT molecular complexity index is 1160. The number of allylic oxidation sites excluding steroid dienone is 1. The lowest BCUT2D eigenvalue weighted by atomic mass is 9.95. The predicted octanol–water partition coefficient (Wildman–Crippen LogP) is 2.85. The molecule has 1 heterocycles. The summed E-state index contributed by atoms with van der Waals surface area (Å²) in [5.74, 6) is -2.57. The lowest BCUT2D eigenvalue weighted by Gasteiger charge is -2.32. The van der Waals surface area contributed by atoms with Crippen LogP contribution in [-0.2, 0) is 36.8 Å². The van der Waals surface area contributed by atoms with Gasteiger partial charge < -0.3 is 25.6 Å². The second-order valence-corrected chi connectivity index (χ2v) is 11.4. The van der Waals surface area contributed by atoms with E-state index in [1.807, 2.05) is 38.1 Å². The van der Waals surface area contributed by atoms with Crippen LogP contribution in [-0.4, -0.2) is 71.8 Å². The topological polar surface area (TPSA) is 134 Å². The number of hydrogen-bond acceptors (Lipinski definition) is 6. The van der Waals surface area contributed by atoms with Crippen LogP contribution in [0.3, 0.4) is 0 Å². The Balaban J connectivity index is 1.79. The van der Waals surface area contributed by atoms with Crippen molar-refractivity contribution in [3.63, 3.8) is 0 Å². The number of amides is 4. The fourth-order valence-electron chi connectivity index (χ4n) is 5.39. The van der Waals surface area contributed by atoms with Crippen LogP contribution in [0.4, 0.5) is 4.79 Å². The van der Waals surface area contributed by atoms with Crippen molar-refractivity contribution in [1.29, 1.82) is 0 Å². The normalized spacial score (nSPS) is 18.4. The number of ketones is 1. The number of fused-ring (bicyclic) bond motifs is 1. The quantitative estimate of drug-likeness (QED) is 0.229. The van der Waals surface area contributed by atoms with Crippen molar-refractivity contribution in [2.75, 3.05) is 13.1 Å². The molecule has 3 N–H and O–H groups in total. The summed E-state index contributed by atoms with van der Waals surface area (Å²) in [5.41, 5.74) is 2.25. The molecule has 1 fully saturated rings. The number of nitrogens with one attached hydrogen (secondary N) is 3. The maximum absolute atomic E-state index is 14.1. The van der Waals surface area contributed by atoms with E-state index >= 15 is 0 Å². The summed E-state index contributed by atoms with van der Waals surface area (Å²) in [6.07, 6.45) is 4.84. The fourth-order valence-corrected chi connectivity index (χ4v) is 5.39. The molecule has 0 aromatic heterocycles. The van der Waals surface area contributed by atoms with Crippen molar-refractivity contribution in [2.24, 2.45) is 11.8 Å². The van der Waals surface area contributed by atoms with Crippen LogP contribution in [0, 0.1) is 11.8 Å². The smallest absolute Gasteiger partial charge is 0.408 e. The minimum atomic E-state index is -1.07. The molecule has 0 radical (unpaired) electrons. The van der Waals surface area contributed by atoms with Gasteiger partial charge in [-0.2, -0.15) is 0 Å². The summed E-state index contributed by atoms with van der Waals surface area (Å²) in [4.78, 5) is 67.2. The van der Waals surface area contributed by atoms with Gasteiger partial charge in [0, 0.05) is 13.1 Å². The standard InChI is InChI=1S/C32H44N4O6/c1-6-8-14-25(28(37)30(39)33-16-7-2)34-29(38)26-15-11-17-36(26)31(40)27(35-32(41)42-21(5)20(3)4)24-18-22-12-9-10-13-23(22)19-24/h6-7,9-10,12-13,20-21,24-27H,1-2,8,11,14-19H2,3-5H3,(H,33,39)(H,34,38)(H,35,41)/t21?,25?,26-,27-/m0/s1. The summed E-state index contributed by atoms with van der Waals surface area (Å²) >= 11 is 0. The van der Waals surface area contributed by atoms with E-state index in [1.165, 1.54) is 11.0 Å². The molecule has 1 aliphatic heterocycles. The van der Waals surface area contributed by atoms with Crippen molar-refractivity contribution in [3.05, 3.63) is 60.7 Å². The van der Waals surface area contributed by atoms with Crippen LogP contribution in [0.1, 0.15) is 57.6 Å². The molecule has 4 amide bonds. The molecule has 2 unspecified atom stereocenters. The summed E-state index contributed by atoms with van der Waals surface area (Å²) < 4.78 is 5.54. The van der Waals surface area contributed by atoms with E-state index in [4.69, 9.17) is 4.74 Å². The van der Waals surface area contributed by atoms with Crippen molar-refractivity contribution >= 4 is 29.6 Å². The highest BCUT2D eigenvalue weighted by molar-refractivity contribution is 6.38. The lowest BCUT2D eigenvalue weighted by Crippen LogP contribution is -2.58. The van der Waals surface area contributed by atoms with Crippen molar-refractivity contribution in [3.8, 4) is 0 Å². The van der Waals surface area contributed by atoms with Gasteiger partial charge in [0.05, 0.1) is 6.04 Å². The molecular formula is C32H44N4O6. The number of likely N-dealkylation sites (tertiary alicyclic amines) is 1. The number of rotatable bonds is 14. The van der Waals surface area contributed by atoms with Gasteiger partial charge in [0.2, 0.25) is 17.6 Å². The Morgan fingerprint density at radius 2 is 1.69 bits per heavy atom. The SMILES string of the molecule is C=CCCC(NC(=O)[C@@H]1CCCN1C(=O)[C@@H](NC(=O)OC(C)C(C)C)C1Cc2ccccc2C1)C(=O)C(=O)NCC=C. The average Bonchev–Trinajstić information content (AvgIpc) is 3.63. The Hall–Kier alpha value is -3.95. The largest absolute Gasteiger partial charge is 0.446 e. The second-order valence-electron chi connectivity index (χ2n) is 11.4. The van der Waals surface area contributed by atoms with Gasteiger partial charge in [-0.1, -0.05) is 50.3 Å². The van der Waals surface area contributed by atoms with Gasteiger partial charge >= 0.3 is 6.09 Å². The molecule has 228 valence electrons. The molecule has 1 aromatic rings. The second kappa shape index (κ2) is 15.3. The molecule has 0 saturated carbocycles. The fraction of sp³-hybridized carbons (Fsp3) is 0.531. The van der Waals surface area contributed by atoms with Gasteiger partial charge in [-0.15, -0.1) is 13.2 Å². The monoisotopic (exact) mass is 580 g/mol. The summed E-state index contributed by atoms with van der Waals surface area (Å²) in [6.45, 7) is 13.3. The highest BCUT2D eigenvalue weighted by Crippen LogP contribution is 2.31. The highest BCUT2D eigenvalue weighted by atomic mass is 16.6. The van der Waals surface area contributed by atoms with Crippen molar-refractivity contribution < 1.29 is 28.7 Å². The molecule has 42 heavy (non-hydrogen) atoms. The number of carbonyl (C=O) groups excluding carboxylic acids is 5. The van der Waals surface area contributed by atoms with Crippen LogP contribution < -0.4 is 16.0 Å². The number of nitrogens with zero attached hydrogens (tertiary/aromatic N) is 1. The maximum Gasteiger partial charge on any atom is 0.408 e. The molecule has 1 saturated heterocycles. The third-order valence-electron chi connectivity index (χ3n) is 8.09. The molecule has 4 atom stereocenters. The molecule has 10 nitrogen and oxygen atoms in total. The molecule has 1 aliphatic carbocycles. The summed E-state index contributed by atoms with van der Waals surface area (Å²) in [5, 5.41) is 7.99. The molecule has 3 rings (SSSR count). The number of Topliss-reactive ketones (excluding diaryl/α,β-unsaturated/α-hetero) is 1. The van der Waals surface area contributed by atoms with Crippen molar-refractivity contribution in [2.45, 2.75) is 83.5 Å². The Labute approximate surface area is 248 Å². The number of alkyl carbamates (subject to hydrolysis) is 1. The zero-order valence-electron chi connectivity index (χ0n) is 24.9. The van der Waals surface area contributed by atoms with Crippen LogP contribution in [0.15, 0.2) is 49.6 Å². The van der Waals surface area contributed by atoms with Crippen LogP contribution in [0.5, 0.6) is 0 Å². The first-order chi connectivity index (χ1) is 20.1. The molecule has 10 heteroatoms. The van der Waals surface area contributed by atoms with Gasteiger partial charge in [0.15, 0.2) is 0 Å². The van der Waals surface area contributed by atoms with E-state index in [2.05, 4.69) is 29.1 Å². The number of carbonyl (C=O) groups is 5. The predicted molar refractivity (Wildman–Crippen MR) is 159 cm³/mol. The Morgan fingerprint density at radius 3 is 2.29 bits per heavy atom. The van der Waals surface area contributed by atoms with Gasteiger partial charge in [0.25, 0.3) is 5.91 Å². The van der Waals surface area contributed by atoms with Gasteiger partial charge in [0.1, 0.15) is 18.2 Å². The van der Waals surface area contributed by atoms with Gasteiger partial charge in [-0.3, -0.25) is 19.2 Å². The van der Waals surface area contributed by atoms with Crippen LogP contribution >= 0.6 is 0 Å². The third kappa shape index (κ3) is 8.30. The molecule has 2 aliphatic rings. The van der Waals surface area contributed by atoms with E-state index < -0.39 is 41.8 Å². The van der Waals surface area contributed by atoms with Gasteiger partial charge in [-0.05, 0) is 68.4 Å². The molecule has 1 aromatic carbocycles. The maximum atomic E-state index is 14.1. The number of ether oxygens (including phenoxy) is 1. The first-order valence-electron chi connectivity index (χ1n) is 14.8. The van der Waals surface area contributed by atoms with Gasteiger partial charge in [-0.25, -0.2) is 4.79 Å². The minimum Gasteiger partial charge on any atom is -0.446 e. The summed E-state index contributed by atoms with van der Waals surface area (Å²) in [6, 6.07) is 5.14. The van der Waals surface area contributed by atoms with E-state index in [-0.39, 0.29) is 36.8 Å². The highest BCUT2D eigenvalue weighted by Gasteiger charge is 2.43. The van der Waals surface area contributed by atoms with Crippen LogP contribution in [0.2, 0.25) is 0 Å². The number of hydrogen-bond donors (Lipinski definition) is 3. The molecular weight excluding hydrogens is 536 g/mol. The van der Waals surface area contributed by atoms with Crippen LogP contribution in [0.25, 0.3) is 0 Å². The Kier molecular flexibility index (Phi) is 11.9. The van der Waals surface area contributed by atoms with E-state index in [0.29, 0.717) is 38.6 Å². The lowest BCUT2D eigenvalue weighted by molar-refractivity contribution is -0.143. The third-order valence-corrected chi connectivity index (χ3v) is 8.09.